The molecular weight excluding hydrogens is 156 g/mol. The van der Waals surface area contributed by atoms with Gasteiger partial charge in [0.15, 0.2) is 0 Å². The molecule has 0 saturated heterocycles. The highest BCUT2D eigenvalue weighted by Gasteiger charge is 2.11. The molecule has 66 valence electrons. The average molecular weight is 168 g/mol. The maximum Gasteiger partial charge on any atom is 0.308 e. The molecule has 0 unspecified atom stereocenters. The summed E-state index contributed by atoms with van der Waals surface area (Å²) in [6, 6.07) is 0. The van der Waals surface area contributed by atoms with Crippen LogP contribution in [0.4, 0.5) is 0 Å². The van der Waals surface area contributed by atoms with E-state index in [0.717, 1.165) is 5.56 Å². The third-order valence-corrected chi connectivity index (χ3v) is 1.64. The highest BCUT2D eigenvalue weighted by atomic mass is 16.4. The zero-order valence-electron chi connectivity index (χ0n) is 7.19. The van der Waals surface area contributed by atoms with Crippen LogP contribution in [0.15, 0.2) is 12.4 Å². The van der Waals surface area contributed by atoms with E-state index < -0.39 is 5.97 Å². The largest absolute Gasteiger partial charge is 0.481 e. The van der Waals surface area contributed by atoms with Crippen molar-refractivity contribution in [2.24, 2.45) is 5.92 Å². The Bertz CT molecular complexity index is 280. The third-order valence-electron chi connectivity index (χ3n) is 1.64. The Labute approximate surface area is 70.8 Å². The first-order valence-corrected chi connectivity index (χ1v) is 3.81. The molecule has 0 spiro atoms. The fourth-order valence-electron chi connectivity index (χ4n) is 0.925. The van der Waals surface area contributed by atoms with Crippen molar-refractivity contribution < 1.29 is 9.90 Å². The predicted octanol–water partition coefficient (Wildman–Crippen LogP) is 0.912. The van der Waals surface area contributed by atoms with Crippen molar-refractivity contribution in [3.63, 3.8) is 0 Å². The lowest BCUT2D eigenvalue weighted by Crippen LogP contribution is -2.16. The highest BCUT2D eigenvalue weighted by Crippen LogP contribution is 2.01. The molecule has 1 atom stereocenters. The van der Waals surface area contributed by atoms with E-state index in [1.165, 1.54) is 0 Å². The Morgan fingerprint density at radius 1 is 1.83 bits per heavy atom. The van der Waals surface area contributed by atoms with Gasteiger partial charge in [-0.05, 0) is 12.5 Å². The Kier molecular flexibility index (Phi) is 2.47. The molecule has 0 bridgehead atoms. The van der Waals surface area contributed by atoms with E-state index in [-0.39, 0.29) is 5.92 Å². The summed E-state index contributed by atoms with van der Waals surface area (Å²) in [5, 5.41) is 12.6. The van der Waals surface area contributed by atoms with Gasteiger partial charge in [0.2, 0.25) is 0 Å². The Hall–Kier alpha value is -1.32. The van der Waals surface area contributed by atoms with Crippen LogP contribution in [0.3, 0.4) is 0 Å². The molecule has 0 radical (unpaired) electrons. The number of aryl methyl sites for hydroxylation is 1. The number of aromatic nitrogens is 2. The summed E-state index contributed by atoms with van der Waals surface area (Å²) in [5.41, 5.74) is 1.05. The quantitative estimate of drug-likeness (QED) is 0.729. The number of carboxylic acid groups (broad SMARTS) is 1. The second-order valence-corrected chi connectivity index (χ2v) is 2.98. The zero-order chi connectivity index (χ0) is 9.14. The third kappa shape index (κ3) is 2.08. The van der Waals surface area contributed by atoms with E-state index in [0.29, 0.717) is 6.54 Å². The first kappa shape index (κ1) is 8.77. The first-order chi connectivity index (χ1) is 5.59. The van der Waals surface area contributed by atoms with Gasteiger partial charge in [0.25, 0.3) is 0 Å². The van der Waals surface area contributed by atoms with E-state index in [4.69, 9.17) is 5.11 Å². The Morgan fingerprint density at radius 2 is 2.50 bits per heavy atom. The van der Waals surface area contributed by atoms with Crippen molar-refractivity contribution in [1.29, 1.82) is 0 Å². The normalized spacial score (nSPS) is 12.8. The van der Waals surface area contributed by atoms with Crippen molar-refractivity contribution in [3.8, 4) is 0 Å². The molecule has 1 aromatic rings. The molecule has 0 aliphatic heterocycles. The van der Waals surface area contributed by atoms with Gasteiger partial charge >= 0.3 is 5.97 Å². The van der Waals surface area contributed by atoms with Crippen molar-refractivity contribution in [3.05, 3.63) is 18.0 Å². The molecular formula is C8H12N2O2. The van der Waals surface area contributed by atoms with Gasteiger partial charge in [-0.2, -0.15) is 5.10 Å². The maximum absolute atomic E-state index is 10.5. The minimum Gasteiger partial charge on any atom is -0.481 e. The van der Waals surface area contributed by atoms with Crippen LogP contribution in [0.5, 0.6) is 0 Å². The number of hydrogen-bond donors (Lipinski definition) is 1. The number of nitrogens with zero attached hydrogens (tertiary/aromatic N) is 2. The zero-order valence-corrected chi connectivity index (χ0v) is 7.19. The lowest BCUT2D eigenvalue weighted by molar-refractivity contribution is -0.141. The minimum absolute atomic E-state index is 0.385. The fraction of sp³-hybridized carbons (Fsp3) is 0.500. The van der Waals surface area contributed by atoms with Gasteiger partial charge in [-0.1, -0.05) is 6.92 Å². The van der Waals surface area contributed by atoms with E-state index >= 15 is 0 Å². The molecule has 4 heteroatoms. The molecule has 1 N–H and O–H groups in total. The summed E-state index contributed by atoms with van der Waals surface area (Å²) in [6.07, 6.45) is 3.55. The Morgan fingerprint density at radius 3 is 2.92 bits per heavy atom. The SMILES string of the molecule is Cc1cnn(C[C@H](C)C(=O)O)c1. The van der Waals surface area contributed by atoms with Gasteiger partial charge < -0.3 is 5.11 Å². The first-order valence-electron chi connectivity index (χ1n) is 3.81. The van der Waals surface area contributed by atoms with Crippen LogP contribution in [0, 0.1) is 12.8 Å². The number of hydrogen-bond acceptors (Lipinski definition) is 2. The van der Waals surface area contributed by atoms with Crippen molar-refractivity contribution in [1.82, 2.24) is 9.78 Å². The molecule has 12 heavy (non-hydrogen) atoms. The summed E-state index contributed by atoms with van der Waals surface area (Å²) >= 11 is 0. The van der Waals surface area contributed by atoms with Crippen LogP contribution in [0.25, 0.3) is 0 Å². The van der Waals surface area contributed by atoms with Crippen LogP contribution >= 0.6 is 0 Å². The molecule has 0 amide bonds. The second kappa shape index (κ2) is 3.38. The van der Waals surface area contributed by atoms with E-state index in [1.807, 2.05) is 13.1 Å². The van der Waals surface area contributed by atoms with Crippen LogP contribution < -0.4 is 0 Å². The van der Waals surface area contributed by atoms with Crippen LogP contribution in [0.1, 0.15) is 12.5 Å². The van der Waals surface area contributed by atoms with E-state index in [2.05, 4.69) is 5.10 Å². The summed E-state index contributed by atoms with van der Waals surface area (Å²) in [5.74, 6) is -1.17. The summed E-state index contributed by atoms with van der Waals surface area (Å²) in [7, 11) is 0. The van der Waals surface area contributed by atoms with Gasteiger partial charge in [0, 0.05) is 6.20 Å². The second-order valence-electron chi connectivity index (χ2n) is 2.98. The van der Waals surface area contributed by atoms with E-state index in [9.17, 15) is 4.79 Å². The highest BCUT2D eigenvalue weighted by molar-refractivity contribution is 5.69. The molecule has 4 nitrogen and oxygen atoms in total. The summed E-state index contributed by atoms with van der Waals surface area (Å²) in [4.78, 5) is 10.5. The molecule has 0 aliphatic rings. The van der Waals surface area contributed by atoms with Gasteiger partial charge in [0.05, 0.1) is 18.7 Å². The lowest BCUT2D eigenvalue weighted by Gasteiger charge is -2.04. The van der Waals surface area contributed by atoms with Gasteiger partial charge in [0.1, 0.15) is 0 Å². The fourth-order valence-corrected chi connectivity index (χ4v) is 0.925. The molecule has 0 saturated carbocycles. The average Bonchev–Trinajstić information content (AvgIpc) is 2.35. The van der Waals surface area contributed by atoms with Gasteiger partial charge in [-0.25, -0.2) is 0 Å². The smallest absolute Gasteiger partial charge is 0.308 e. The minimum atomic E-state index is -0.789. The van der Waals surface area contributed by atoms with Gasteiger partial charge in [-0.15, -0.1) is 0 Å². The number of rotatable bonds is 3. The summed E-state index contributed by atoms with van der Waals surface area (Å²) < 4.78 is 1.65. The molecule has 1 aromatic heterocycles. The topological polar surface area (TPSA) is 55.1 Å². The van der Waals surface area contributed by atoms with Crippen molar-refractivity contribution in [2.45, 2.75) is 20.4 Å². The number of carboxylic acids is 1. The standard InChI is InChI=1S/C8H12N2O2/c1-6-3-9-10(4-6)5-7(2)8(11)12/h3-4,7H,5H2,1-2H3,(H,11,12)/t7-/m0/s1. The molecule has 0 aliphatic carbocycles. The predicted molar refractivity (Wildman–Crippen MR) is 43.8 cm³/mol. The monoisotopic (exact) mass is 168 g/mol. The number of aliphatic carboxylic acids is 1. The number of carbonyl (C=O) groups is 1. The molecule has 0 aromatic carbocycles. The Balaban J connectivity index is 2.58. The van der Waals surface area contributed by atoms with Crippen molar-refractivity contribution >= 4 is 5.97 Å². The lowest BCUT2D eigenvalue weighted by atomic mass is 10.2. The van der Waals surface area contributed by atoms with Crippen LogP contribution in [0.2, 0.25) is 0 Å². The van der Waals surface area contributed by atoms with Crippen LogP contribution in [-0.4, -0.2) is 20.9 Å². The van der Waals surface area contributed by atoms with Crippen LogP contribution in [-0.2, 0) is 11.3 Å². The summed E-state index contributed by atoms with van der Waals surface area (Å²) in [6.45, 7) is 4.03. The molecule has 0 fully saturated rings. The maximum atomic E-state index is 10.5. The van der Waals surface area contributed by atoms with Crippen molar-refractivity contribution in [2.75, 3.05) is 0 Å². The van der Waals surface area contributed by atoms with E-state index in [1.54, 1.807) is 17.8 Å². The van der Waals surface area contributed by atoms with Gasteiger partial charge in [-0.3, -0.25) is 9.48 Å². The molecule has 1 heterocycles. The molecule has 1 rings (SSSR count).